The molecule has 3 aromatic carbocycles. The van der Waals surface area contributed by atoms with Crippen molar-refractivity contribution in [3.63, 3.8) is 0 Å². The van der Waals surface area contributed by atoms with Gasteiger partial charge in [0.15, 0.2) is 0 Å². The zero-order valence-corrected chi connectivity index (χ0v) is 18.7. The van der Waals surface area contributed by atoms with E-state index in [1.807, 2.05) is 66.9 Å². The fourth-order valence-electron chi connectivity index (χ4n) is 3.38. The van der Waals surface area contributed by atoms with Gasteiger partial charge in [-0.2, -0.15) is 5.10 Å². The van der Waals surface area contributed by atoms with Crippen molar-refractivity contribution < 1.29 is 13.2 Å². The molecule has 0 bridgehead atoms. The first kappa shape index (κ1) is 22.2. The fourth-order valence-corrected chi connectivity index (χ4v) is 4.18. The van der Waals surface area contributed by atoms with Gasteiger partial charge in [0.2, 0.25) is 15.9 Å². The van der Waals surface area contributed by atoms with E-state index in [0.29, 0.717) is 11.3 Å². The number of nitrogens with zero attached hydrogens (tertiary/aromatic N) is 2. The van der Waals surface area contributed by atoms with E-state index in [1.54, 1.807) is 29.8 Å². The minimum absolute atomic E-state index is 0.0280. The molecule has 0 aliphatic carbocycles. The third-order valence-electron chi connectivity index (χ3n) is 4.99. The highest BCUT2D eigenvalue weighted by Gasteiger charge is 2.13. The molecule has 33 heavy (non-hydrogen) atoms. The number of carbonyl (C=O) groups excluding carboxylic acids is 1. The number of hydrogen-bond acceptors (Lipinski definition) is 4. The largest absolute Gasteiger partial charge is 0.322 e. The van der Waals surface area contributed by atoms with Crippen LogP contribution in [0.15, 0.2) is 96.0 Å². The number of aryl methyl sites for hydroxylation is 1. The molecular weight excluding hydrogens is 436 g/mol. The van der Waals surface area contributed by atoms with Crippen LogP contribution in [0.4, 0.5) is 5.69 Å². The van der Waals surface area contributed by atoms with Crippen molar-refractivity contribution in [1.29, 1.82) is 0 Å². The highest BCUT2D eigenvalue weighted by atomic mass is 32.2. The van der Waals surface area contributed by atoms with Crippen LogP contribution in [-0.2, 0) is 14.8 Å². The molecular formula is C25H22N4O3S. The molecule has 0 saturated carbocycles. The molecule has 0 aliphatic heterocycles. The van der Waals surface area contributed by atoms with Crippen molar-refractivity contribution in [2.24, 2.45) is 5.14 Å². The van der Waals surface area contributed by atoms with E-state index in [-0.39, 0.29) is 4.90 Å². The molecule has 0 saturated heterocycles. The van der Waals surface area contributed by atoms with Crippen LogP contribution in [0.1, 0.15) is 11.1 Å². The number of sulfonamides is 1. The summed E-state index contributed by atoms with van der Waals surface area (Å²) in [7, 11) is -3.89. The van der Waals surface area contributed by atoms with E-state index >= 15 is 0 Å². The summed E-state index contributed by atoms with van der Waals surface area (Å²) in [5.74, 6) is -0.411. The van der Waals surface area contributed by atoms with Gasteiger partial charge in [-0.1, -0.05) is 54.6 Å². The van der Waals surface area contributed by atoms with E-state index in [0.717, 1.165) is 22.5 Å². The van der Waals surface area contributed by atoms with Gasteiger partial charge < -0.3 is 5.32 Å². The summed E-state index contributed by atoms with van der Waals surface area (Å²) in [5.41, 5.74) is 4.15. The number of hydrogen-bond donors (Lipinski definition) is 2. The summed E-state index contributed by atoms with van der Waals surface area (Å²) in [6, 6.07) is 23.9. The van der Waals surface area contributed by atoms with Crippen LogP contribution in [0.5, 0.6) is 0 Å². The first-order chi connectivity index (χ1) is 15.8. The van der Waals surface area contributed by atoms with Crippen molar-refractivity contribution in [2.75, 3.05) is 5.32 Å². The molecule has 166 valence electrons. The lowest BCUT2D eigenvalue weighted by Crippen LogP contribution is -2.15. The van der Waals surface area contributed by atoms with Gasteiger partial charge in [0, 0.05) is 29.1 Å². The lowest BCUT2D eigenvalue weighted by Gasteiger charge is -2.07. The molecule has 0 fully saturated rings. The molecule has 0 spiro atoms. The predicted molar refractivity (Wildman–Crippen MR) is 129 cm³/mol. The van der Waals surface area contributed by atoms with Crippen LogP contribution in [0.25, 0.3) is 23.0 Å². The molecule has 7 nitrogen and oxygen atoms in total. The van der Waals surface area contributed by atoms with E-state index < -0.39 is 15.9 Å². The number of carbonyl (C=O) groups is 1. The number of rotatable bonds is 6. The molecule has 4 aromatic rings. The third kappa shape index (κ3) is 5.25. The highest BCUT2D eigenvalue weighted by Crippen LogP contribution is 2.25. The number of anilines is 1. The monoisotopic (exact) mass is 458 g/mol. The van der Waals surface area contributed by atoms with Crippen molar-refractivity contribution in [3.05, 3.63) is 102 Å². The molecule has 0 radical (unpaired) electrons. The quantitative estimate of drug-likeness (QED) is 0.423. The maximum absolute atomic E-state index is 12.6. The average molecular weight is 459 g/mol. The van der Waals surface area contributed by atoms with E-state index in [9.17, 15) is 13.2 Å². The molecule has 1 heterocycles. The second kappa shape index (κ2) is 9.23. The molecule has 1 aromatic heterocycles. The number of nitrogens with one attached hydrogen (secondary N) is 1. The highest BCUT2D eigenvalue weighted by molar-refractivity contribution is 7.89. The van der Waals surface area contributed by atoms with Crippen molar-refractivity contribution in [1.82, 2.24) is 9.78 Å². The Morgan fingerprint density at radius 2 is 1.67 bits per heavy atom. The molecule has 0 aliphatic rings. The zero-order chi connectivity index (χ0) is 23.4. The lowest BCUT2D eigenvalue weighted by atomic mass is 10.1. The molecule has 1 amide bonds. The summed E-state index contributed by atoms with van der Waals surface area (Å²) in [6.45, 7) is 1.64. The number of nitrogens with two attached hydrogens (primary N) is 1. The molecule has 0 unspecified atom stereocenters. The van der Waals surface area contributed by atoms with Gasteiger partial charge in [-0.15, -0.1) is 0 Å². The Hall–Kier alpha value is -4.01. The van der Waals surface area contributed by atoms with Crippen LogP contribution in [-0.4, -0.2) is 24.1 Å². The smallest absolute Gasteiger partial charge is 0.248 e. The van der Waals surface area contributed by atoms with Crippen LogP contribution >= 0.6 is 0 Å². The topological polar surface area (TPSA) is 107 Å². The fraction of sp³-hybridized carbons (Fsp3) is 0.0400. The Labute approximate surface area is 192 Å². The Morgan fingerprint density at radius 1 is 1.00 bits per heavy atom. The molecule has 8 heteroatoms. The van der Waals surface area contributed by atoms with E-state index in [1.165, 1.54) is 12.1 Å². The van der Waals surface area contributed by atoms with Crippen molar-refractivity contribution >= 4 is 27.7 Å². The van der Waals surface area contributed by atoms with Gasteiger partial charge in [-0.3, -0.25) is 4.79 Å². The number of primary sulfonamides is 1. The number of benzene rings is 3. The second-order valence-corrected chi connectivity index (χ2v) is 8.96. The minimum atomic E-state index is -3.89. The molecule has 4 rings (SSSR count). The Kier molecular flexibility index (Phi) is 6.21. The Morgan fingerprint density at radius 3 is 2.33 bits per heavy atom. The molecule has 3 N–H and O–H groups in total. The van der Waals surface area contributed by atoms with Crippen molar-refractivity contribution in [2.45, 2.75) is 11.8 Å². The predicted octanol–water partition coefficient (Wildman–Crippen LogP) is 4.15. The maximum Gasteiger partial charge on any atom is 0.248 e. The van der Waals surface area contributed by atoms with Gasteiger partial charge in [-0.25, -0.2) is 18.2 Å². The van der Waals surface area contributed by atoms with Gasteiger partial charge in [-0.05, 0) is 42.8 Å². The first-order valence-electron chi connectivity index (χ1n) is 10.1. The lowest BCUT2D eigenvalue weighted by molar-refractivity contribution is -0.111. The van der Waals surface area contributed by atoms with Gasteiger partial charge in [0.05, 0.1) is 16.3 Å². The van der Waals surface area contributed by atoms with Crippen LogP contribution < -0.4 is 10.5 Å². The van der Waals surface area contributed by atoms with E-state index in [4.69, 9.17) is 10.2 Å². The van der Waals surface area contributed by atoms with Gasteiger partial charge >= 0.3 is 0 Å². The standard InChI is InChI=1S/C25H22N4O3S/c1-18-12-14-21(16-23(18)33(26,31)32)27-24(30)15-13-20-17-29(22-10-6-3-7-11-22)28-25(20)19-8-4-2-5-9-19/h2-17H,1H3,(H,27,30)(H2,26,31,32)/b15-13+. The summed E-state index contributed by atoms with van der Waals surface area (Å²) >= 11 is 0. The Bertz CT molecular complexity index is 1430. The number of para-hydroxylation sites is 1. The van der Waals surface area contributed by atoms with Gasteiger partial charge in [0.1, 0.15) is 0 Å². The minimum Gasteiger partial charge on any atom is -0.322 e. The molecule has 0 atom stereocenters. The van der Waals surface area contributed by atoms with Crippen LogP contribution in [0.2, 0.25) is 0 Å². The zero-order valence-electron chi connectivity index (χ0n) is 17.8. The van der Waals surface area contributed by atoms with Crippen LogP contribution in [0.3, 0.4) is 0 Å². The Balaban J connectivity index is 1.62. The summed E-state index contributed by atoms with van der Waals surface area (Å²) in [6.07, 6.45) is 4.92. The van der Waals surface area contributed by atoms with Gasteiger partial charge in [0.25, 0.3) is 0 Å². The summed E-state index contributed by atoms with van der Waals surface area (Å²) < 4.78 is 25.2. The number of amides is 1. The average Bonchev–Trinajstić information content (AvgIpc) is 3.24. The summed E-state index contributed by atoms with van der Waals surface area (Å²) in [4.78, 5) is 12.5. The maximum atomic E-state index is 12.6. The van der Waals surface area contributed by atoms with Crippen molar-refractivity contribution in [3.8, 4) is 16.9 Å². The summed E-state index contributed by atoms with van der Waals surface area (Å²) in [5, 5.41) is 12.6. The number of aromatic nitrogens is 2. The second-order valence-electron chi connectivity index (χ2n) is 7.43. The van der Waals surface area contributed by atoms with Crippen LogP contribution in [0, 0.1) is 6.92 Å². The van der Waals surface area contributed by atoms with E-state index in [2.05, 4.69) is 5.32 Å². The first-order valence-corrected chi connectivity index (χ1v) is 11.7. The third-order valence-corrected chi connectivity index (χ3v) is 6.04. The SMILES string of the molecule is Cc1ccc(NC(=O)/C=C/c2cn(-c3ccccc3)nc2-c2ccccc2)cc1S(N)(=O)=O. The normalized spacial score (nSPS) is 11.6.